The molecule has 11 aromatic rings. The Bertz CT molecular complexity index is 3510. The molecule has 0 unspecified atom stereocenters. The monoisotopic (exact) mass is 813 g/mol. The quantitative estimate of drug-likeness (QED) is 0.159. The molecule has 4 aromatic heterocycles. The number of benzene rings is 7. The van der Waals surface area contributed by atoms with E-state index >= 15 is 0 Å². The molecule has 0 saturated carbocycles. The second-order valence-corrected chi connectivity index (χ2v) is 16.4. The van der Waals surface area contributed by atoms with Gasteiger partial charge >= 0.3 is 0 Å². The summed E-state index contributed by atoms with van der Waals surface area (Å²) in [6.07, 6.45) is 4.04. The average Bonchev–Trinajstić information content (AvgIpc) is 3.91. The fourth-order valence-electron chi connectivity index (χ4n) is 8.71. The van der Waals surface area contributed by atoms with E-state index in [-0.39, 0.29) is 0 Å². The van der Waals surface area contributed by atoms with E-state index in [4.69, 9.17) is 29.9 Å². The standard InChI is InChI=1S/C54H35N7S/c1-4-16-34(17-5-1)49-55-50(35-18-6-2-7-19-35)58-53(57-49)42-25-15-29-46-47(42)41-24-14-26-43(48(41)62-46)54-59-51(36-20-8-3-9-21-36)56-52(60-54)37-30-32-38(33-31-37)61-44-27-12-10-22-39(44)40-23-11-13-28-45(40)61/h1-14,16-24,26-33H,15,25H2. The maximum Gasteiger partial charge on any atom is 0.165 e. The summed E-state index contributed by atoms with van der Waals surface area (Å²) in [7, 11) is 0. The summed E-state index contributed by atoms with van der Waals surface area (Å²) < 4.78 is 4.65. The Morgan fingerprint density at radius 2 is 0.839 bits per heavy atom. The van der Waals surface area contributed by atoms with Gasteiger partial charge in [-0.3, -0.25) is 0 Å². The van der Waals surface area contributed by atoms with Crippen LogP contribution >= 0.6 is 11.3 Å². The summed E-state index contributed by atoms with van der Waals surface area (Å²) in [5, 5.41) is 4.77. The number of rotatable bonds is 7. The van der Waals surface area contributed by atoms with Gasteiger partial charge in [0.05, 0.1) is 11.0 Å². The lowest BCUT2D eigenvalue weighted by Gasteiger charge is -2.12. The second kappa shape index (κ2) is 15.0. The van der Waals surface area contributed by atoms with Gasteiger partial charge in [-0.25, -0.2) is 29.9 Å². The van der Waals surface area contributed by atoms with E-state index in [0.29, 0.717) is 34.9 Å². The first-order chi connectivity index (χ1) is 30.7. The average molecular weight is 814 g/mol. The molecule has 0 saturated heterocycles. The molecule has 62 heavy (non-hydrogen) atoms. The molecule has 7 nitrogen and oxygen atoms in total. The Labute approximate surface area is 360 Å². The van der Waals surface area contributed by atoms with Crippen molar-refractivity contribution < 1.29 is 0 Å². The van der Waals surface area contributed by atoms with E-state index in [1.54, 1.807) is 11.3 Å². The Morgan fingerprint density at radius 1 is 0.387 bits per heavy atom. The number of fused-ring (bicyclic) bond motifs is 6. The number of hydrogen-bond donors (Lipinski definition) is 0. The van der Waals surface area contributed by atoms with Crippen molar-refractivity contribution in [2.24, 2.45) is 0 Å². The first-order valence-electron chi connectivity index (χ1n) is 20.8. The topological polar surface area (TPSA) is 82.3 Å². The van der Waals surface area contributed by atoms with E-state index in [9.17, 15) is 0 Å². The van der Waals surface area contributed by atoms with E-state index in [2.05, 4.69) is 138 Å². The molecule has 7 aromatic carbocycles. The van der Waals surface area contributed by atoms with Gasteiger partial charge in [-0.1, -0.05) is 146 Å². The molecule has 0 atom stereocenters. The van der Waals surface area contributed by atoms with Gasteiger partial charge in [0.25, 0.3) is 0 Å². The number of nitrogens with zero attached hydrogens (tertiary/aromatic N) is 7. The normalized spacial score (nSPS) is 12.5. The highest BCUT2D eigenvalue weighted by Gasteiger charge is 2.21. The molecule has 1 aliphatic carbocycles. The molecule has 4 heterocycles. The highest BCUT2D eigenvalue weighted by Crippen LogP contribution is 2.35. The minimum Gasteiger partial charge on any atom is -0.309 e. The Morgan fingerprint density at radius 3 is 1.39 bits per heavy atom. The molecule has 0 radical (unpaired) electrons. The van der Waals surface area contributed by atoms with Crippen molar-refractivity contribution in [3.05, 3.63) is 198 Å². The second-order valence-electron chi connectivity index (χ2n) is 15.4. The molecule has 8 heteroatoms. The minimum atomic E-state index is 0.617. The van der Waals surface area contributed by atoms with Crippen molar-refractivity contribution in [2.75, 3.05) is 0 Å². The maximum absolute atomic E-state index is 5.24. The van der Waals surface area contributed by atoms with Crippen LogP contribution in [0.4, 0.5) is 0 Å². The van der Waals surface area contributed by atoms with E-state index < -0.39 is 0 Å². The molecule has 0 amide bonds. The predicted molar refractivity (Wildman–Crippen MR) is 252 cm³/mol. The first-order valence-corrected chi connectivity index (χ1v) is 21.6. The summed E-state index contributed by atoms with van der Waals surface area (Å²) in [5.74, 6) is 3.90. The van der Waals surface area contributed by atoms with Crippen LogP contribution in [0.3, 0.4) is 0 Å². The lowest BCUT2D eigenvalue weighted by atomic mass is 9.99. The Hall–Kier alpha value is -7.94. The molecular weight excluding hydrogens is 779 g/mol. The van der Waals surface area contributed by atoms with Crippen LogP contribution < -0.4 is 9.75 Å². The molecule has 0 aliphatic heterocycles. The largest absolute Gasteiger partial charge is 0.309 e. The van der Waals surface area contributed by atoms with Crippen LogP contribution in [0.5, 0.6) is 0 Å². The van der Waals surface area contributed by atoms with Gasteiger partial charge in [-0.15, -0.1) is 11.3 Å². The third kappa shape index (κ3) is 6.19. The summed E-state index contributed by atoms with van der Waals surface area (Å²) in [5.41, 5.74) is 9.24. The van der Waals surface area contributed by atoms with Crippen LogP contribution in [0, 0.1) is 0 Å². The highest BCUT2D eigenvalue weighted by molar-refractivity contribution is 7.17. The van der Waals surface area contributed by atoms with Gasteiger partial charge in [-0.05, 0) is 55.3 Å². The fourth-order valence-corrected chi connectivity index (χ4v) is 10.0. The Balaban J connectivity index is 1.02. The smallest absolute Gasteiger partial charge is 0.165 e. The van der Waals surface area contributed by atoms with Crippen LogP contribution in [-0.2, 0) is 0 Å². The van der Waals surface area contributed by atoms with Crippen molar-refractivity contribution in [1.82, 2.24) is 34.5 Å². The number of hydrogen-bond acceptors (Lipinski definition) is 7. The summed E-state index contributed by atoms with van der Waals surface area (Å²) in [6, 6.07) is 62.7. The van der Waals surface area contributed by atoms with Gasteiger partial charge in [0.15, 0.2) is 34.9 Å². The van der Waals surface area contributed by atoms with Gasteiger partial charge in [0.1, 0.15) is 0 Å². The third-order valence-corrected chi connectivity index (χ3v) is 12.8. The van der Waals surface area contributed by atoms with Gasteiger partial charge in [0, 0.05) is 69.7 Å². The summed E-state index contributed by atoms with van der Waals surface area (Å²) in [6.45, 7) is 0. The fraction of sp³-hybridized carbons (Fsp3) is 0.0370. The van der Waals surface area contributed by atoms with Crippen LogP contribution in [0.25, 0.3) is 106 Å². The molecular formula is C54H35N7S. The van der Waals surface area contributed by atoms with Crippen molar-refractivity contribution in [3.63, 3.8) is 0 Å². The summed E-state index contributed by atoms with van der Waals surface area (Å²) in [4.78, 5) is 30.8. The van der Waals surface area contributed by atoms with Gasteiger partial charge < -0.3 is 4.57 Å². The number of aromatic nitrogens is 7. The third-order valence-electron chi connectivity index (χ3n) is 11.6. The Kier molecular flexibility index (Phi) is 8.67. The number of para-hydroxylation sites is 2. The van der Waals surface area contributed by atoms with E-state index in [1.807, 2.05) is 54.6 Å². The van der Waals surface area contributed by atoms with Crippen LogP contribution in [0.1, 0.15) is 18.7 Å². The minimum absolute atomic E-state index is 0.617. The van der Waals surface area contributed by atoms with Gasteiger partial charge in [0.2, 0.25) is 0 Å². The van der Waals surface area contributed by atoms with Crippen molar-refractivity contribution in [2.45, 2.75) is 12.8 Å². The number of thiophene rings is 1. The molecule has 0 bridgehead atoms. The zero-order chi connectivity index (χ0) is 41.0. The highest BCUT2D eigenvalue weighted by atomic mass is 32.1. The van der Waals surface area contributed by atoms with Crippen molar-refractivity contribution >= 4 is 54.9 Å². The SMILES string of the molecule is C1=c2sc3c(-c4nc(-c5ccccc5)nc(-c5ccc(-n6c7ccccc7c7ccccc76)cc5)n4)cccc3c2=C(c2nc(-c3ccccc3)nc(-c3ccccc3)n2)CC1. The molecule has 0 N–H and O–H groups in total. The zero-order valence-electron chi connectivity index (χ0n) is 33.4. The molecule has 0 spiro atoms. The molecule has 0 fully saturated rings. The lowest BCUT2D eigenvalue weighted by molar-refractivity contribution is 0.986. The lowest BCUT2D eigenvalue weighted by Crippen LogP contribution is -2.26. The van der Waals surface area contributed by atoms with Gasteiger partial charge in [-0.2, -0.15) is 0 Å². The van der Waals surface area contributed by atoms with Crippen molar-refractivity contribution in [3.8, 4) is 62.6 Å². The van der Waals surface area contributed by atoms with Crippen LogP contribution in [-0.4, -0.2) is 34.5 Å². The van der Waals surface area contributed by atoms with E-state index in [0.717, 1.165) is 62.0 Å². The molecule has 292 valence electrons. The zero-order valence-corrected chi connectivity index (χ0v) is 34.2. The van der Waals surface area contributed by atoms with Crippen molar-refractivity contribution in [1.29, 1.82) is 0 Å². The maximum atomic E-state index is 5.24. The summed E-state index contributed by atoms with van der Waals surface area (Å²) >= 11 is 1.78. The predicted octanol–water partition coefficient (Wildman–Crippen LogP) is 11.5. The molecule has 12 rings (SSSR count). The first kappa shape index (κ1) is 36.0. The van der Waals surface area contributed by atoms with E-state index in [1.165, 1.54) is 31.6 Å². The van der Waals surface area contributed by atoms with Crippen LogP contribution in [0.15, 0.2) is 182 Å². The van der Waals surface area contributed by atoms with Crippen LogP contribution in [0.2, 0.25) is 0 Å². The molecule has 1 aliphatic rings.